The lowest BCUT2D eigenvalue weighted by molar-refractivity contribution is 0.195. The Hall–Kier alpha value is -2.15. The molecular weight excluding hydrogens is 329 g/mol. The van der Waals surface area contributed by atoms with Crippen molar-refractivity contribution < 1.29 is 13.9 Å². The third-order valence-corrected chi connectivity index (χ3v) is 4.37. The van der Waals surface area contributed by atoms with E-state index in [0.717, 1.165) is 17.1 Å². The third kappa shape index (κ3) is 5.49. The number of nitrogens with one attached hydrogen (secondary N) is 1. The molecule has 24 heavy (non-hydrogen) atoms. The average molecular weight is 351 g/mol. The molecule has 1 heterocycles. The lowest BCUT2D eigenvalue weighted by Gasteiger charge is -2.21. The van der Waals surface area contributed by atoms with Crippen LogP contribution < -0.4 is 10.1 Å². The van der Waals surface area contributed by atoms with Crippen LogP contribution in [0.1, 0.15) is 24.5 Å². The molecule has 1 N–H and O–H groups in total. The van der Waals surface area contributed by atoms with Gasteiger partial charge < -0.3 is 15.0 Å². The van der Waals surface area contributed by atoms with Gasteiger partial charge in [-0.05, 0) is 37.6 Å². The van der Waals surface area contributed by atoms with E-state index < -0.39 is 0 Å². The van der Waals surface area contributed by atoms with Gasteiger partial charge in [-0.3, -0.25) is 0 Å². The second-order valence-electron chi connectivity index (χ2n) is 5.56. The van der Waals surface area contributed by atoms with Gasteiger partial charge in [0.25, 0.3) is 0 Å². The first-order chi connectivity index (χ1) is 11.5. The van der Waals surface area contributed by atoms with E-state index in [-0.39, 0.29) is 17.9 Å². The van der Waals surface area contributed by atoms with Crippen molar-refractivity contribution in [1.82, 2.24) is 15.2 Å². The number of rotatable bonds is 7. The Bertz CT molecular complexity index is 660. The molecule has 2 amide bonds. The van der Waals surface area contributed by atoms with Crippen LogP contribution in [-0.4, -0.2) is 35.6 Å². The van der Waals surface area contributed by atoms with Gasteiger partial charge in [-0.15, -0.1) is 11.3 Å². The molecule has 1 aromatic carbocycles. The van der Waals surface area contributed by atoms with Crippen LogP contribution in [0.15, 0.2) is 29.6 Å². The summed E-state index contributed by atoms with van der Waals surface area (Å²) >= 11 is 1.61. The maximum absolute atomic E-state index is 12.8. The highest BCUT2D eigenvalue weighted by molar-refractivity contribution is 7.09. The number of carbonyl (C=O) groups excluding carboxylic acids is 1. The lowest BCUT2D eigenvalue weighted by atomic mass is 10.3. The van der Waals surface area contributed by atoms with E-state index in [9.17, 15) is 9.18 Å². The first-order valence-electron chi connectivity index (χ1n) is 7.81. The molecule has 130 valence electrons. The summed E-state index contributed by atoms with van der Waals surface area (Å²) in [6.07, 6.45) is 0.901. The van der Waals surface area contributed by atoms with Crippen LogP contribution in [0.5, 0.6) is 5.75 Å². The predicted molar refractivity (Wildman–Crippen MR) is 92.8 cm³/mol. The number of nitrogens with zero attached hydrogens (tertiary/aromatic N) is 2. The quantitative estimate of drug-likeness (QED) is 0.831. The predicted octanol–water partition coefficient (Wildman–Crippen LogP) is 3.45. The molecule has 5 nitrogen and oxygen atoms in total. The van der Waals surface area contributed by atoms with Crippen molar-refractivity contribution >= 4 is 17.4 Å². The minimum Gasteiger partial charge on any atom is -0.491 e. The Morgan fingerprint density at radius 1 is 1.42 bits per heavy atom. The SMILES string of the molecule is CCc1nc(CN(C)C(=O)NC(C)COc2ccc(F)cc2)cs1. The minimum atomic E-state index is -0.307. The van der Waals surface area contributed by atoms with Crippen LogP contribution >= 0.6 is 11.3 Å². The van der Waals surface area contributed by atoms with Crippen LogP contribution in [0.2, 0.25) is 0 Å². The van der Waals surface area contributed by atoms with Crippen LogP contribution in [-0.2, 0) is 13.0 Å². The Balaban J connectivity index is 1.76. The zero-order valence-electron chi connectivity index (χ0n) is 14.1. The Kier molecular flexibility index (Phi) is 6.54. The monoisotopic (exact) mass is 351 g/mol. The molecule has 0 bridgehead atoms. The standard InChI is InChI=1S/C17H22FN3O2S/c1-4-16-20-14(11-24-16)9-21(3)17(22)19-12(2)10-23-15-7-5-13(18)6-8-15/h5-8,11-12H,4,9-10H2,1-3H3,(H,19,22). The molecule has 2 rings (SSSR count). The number of carbonyl (C=O) groups is 1. The first kappa shape index (κ1) is 18.2. The van der Waals surface area contributed by atoms with Crippen LogP contribution in [0.25, 0.3) is 0 Å². The summed E-state index contributed by atoms with van der Waals surface area (Å²) in [5.74, 6) is 0.263. The number of thiazole rings is 1. The molecule has 0 radical (unpaired) electrons. The number of aryl methyl sites for hydroxylation is 1. The van der Waals surface area contributed by atoms with E-state index in [1.807, 2.05) is 12.3 Å². The first-order valence-corrected chi connectivity index (χ1v) is 8.69. The van der Waals surface area contributed by atoms with E-state index in [2.05, 4.69) is 17.2 Å². The van der Waals surface area contributed by atoms with Crippen LogP contribution in [0.3, 0.4) is 0 Å². The van der Waals surface area contributed by atoms with Gasteiger partial charge in [-0.2, -0.15) is 0 Å². The highest BCUT2D eigenvalue weighted by atomic mass is 32.1. The van der Waals surface area contributed by atoms with Crippen molar-refractivity contribution in [2.45, 2.75) is 32.9 Å². The topological polar surface area (TPSA) is 54.5 Å². The van der Waals surface area contributed by atoms with Crippen molar-refractivity contribution in [2.24, 2.45) is 0 Å². The fourth-order valence-electron chi connectivity index (χ4n) is 2.01. The summed E-state index contributed by atoms with van der Waals surface area (Å²) in [6.45, 7) is 4.69. The molecule has 2 aromatic rings. The van der Waals surface area contributed by atoms with Gasteiger partial charge in [0.15, 0.2) is 0 Å². The number of halogens is 1. The largest absolute Gasteiger partial charge is 0.491 e. The molecule has 0 saturated carbocycles. The van der Waals surface area contributed by atoms with E-state index in [1.165, 1.54) is 12.1 Å². The molecule has 0 spiro atoms. The zero-order valence-corrected chi connectivity index (χ0v) is 14.9. The maximum atomic E-state index is 12.8. The van der Waals surface area contributed by atoms with Crippen LogP contribution in [0, 0.1) is 5.82 Å². The van der Waals surface area contributed by atoms with Gasteiger partial charge >= 0.3 is 6.03 Å². The number of hydrogen-bond acceptors (Lipinski definition) is 4. The van der Waals surface area contributed by atoms with E-state index in [0.29, 0.717) is 18.9 Å². The molecule has 0 aliphatic rings. The molecule has 7 heteroatoms. The van der Waals surface area contributed by atoms with Gasteiger partial charge in [0, 0.05) is 12.4 Å². The average Bonchev–Trinajstić information content (AvgIpc) is 3.02. The smallest absolute Gasteiger partial charge is 0.317 e. The second kappa shape index (κ2) is 8.63. The molecule has 0 saturated heterocycles. The second-order valence-corrected chi connectivity index (χ2v) is 6.50. The third-order valence-electron chi connectivity index (χ3n) is 3.33. The van der Waals surface area contributed by atoms with Gasteiger partial charge in [0.2, 0.25) is 0 Å². The van der Waals surface area contributed by atoms with Gasteiger partial charge in [0.05, 0.1) is 23.3 Å². The van der Waals surface area contributed by atoms with Crippen molar-refractivity contribution in [3.05, 3.63) is 46.2 Å². The minimum absolute atomic E-state index is 0.174. The summed E-state index contributed by atoms with van der Waals surface area (Å²) in [5.41, 5.74) is 0.893. The highest BCUT2D eigenvalue weighted by Crippen LogP contribution is 2.12. The Labute approximate surface area is 145 Å². The molecule has 1 unspecified atom stereocenters. The molecular formula is C17H22FN3O2S. The van der Waals surface area contributed by atoms with E-state index >= 15 is 0 Å². The summed E-state index contributed by atoms with van der Waals surface area (Å²) in [4.78, 5) is 18.2. The highest BCUT2D eigenvalue weighted by Gasteiger charge is 2.14. The molecule has 0 fully saturated rings. The Morgan fingerprint density at radius 2 is 2.12 bits per heavy atom. The summed E-state index contributed by atoms with van der Waals surface area (Å²) in [6, 6.07) is 5.44. The summed E-state index contributed by atoms with van der Waals surface area (Å²) in [5, 5.41) is 5.91. The Morgan fingerprint density at radius 3 is 2.75 bits per heavy atom. The molecule has 1 atom stereocenters. The zero-order chi connectivity index (χ0) is 17.5. The number of urea groups is 1. The molecule has 0 aliphatic carbocycles. The molecule has 1 aromatic heterocycles. The molecule has 0 aliphatic heterocycles. The summed E-state index contributed by atoms with van der Waals surface area (Å²) < 4.78 is 18.4. The van der Waals surface area contributed by atoms with Crippen molar-refractivity contribution in [3.8, 4) is 5.75 Å². The number of hydrogen-bond donors (Lipinski definition) is 1. The fraction of sp³-hybridized carbons (Fsp3) is 0.412. The van der Waals surface area contributed by atoms with Gasteiger partial charge in [-0.25, -0.2) is 14.2 Å². The number of ether oxygens (including phenoxy) is 1. The maximum Gasteiger partial charge on any atom is 0.317 e. The number of aromatic nitrogens is 1. The lowest BCUT2D eigenvalue weighted by Crippen LogP contribution is -2.43. The van der Waals surface area contributed by atoms with E-state index in [4.69, 9.17) is 4.74 Å². The normalized spacial score (nSPS) is 11.8. The van der Waals surface area contributed by atoms with Crippen molar-refractivity contribution in [2.75, 3.05) is 13.7 Å². The fourth-order valence-corrected chi connectivity index (χ4v) is 2.75. The number of amides is 2. The van der Waals surface area contributed by atoms with Gasteiger partial charge in [-0.1, -0.05) is 6.92 Å². The van der Waals surface area contributed by atoms with Gasteiger partial charge in [0.1, 0.15) is 18.2 Å². The van der Waals surface area contributed by atoms with Crippen LogP contribution in [0.4, 0.5) is 9.18 Å². The summed E-state index contributed by atoms with van der Waals surface area (Å²) in [7, 11) is 1.73. The number of benzene rings is 1. The van der Waals surface area contributed by atoms with E-state index in [1.54, 1.807) is 35.4 Å². The van der Waals surface area contributed by atoms with Crippen molar-refractivity contribution in [3.63, 3.8) is 0 Å². The van der Waals surface area contributed by atoms with Crippen molar-refractivity contribution in [1.29, 1.82) is 0 Å².